The Bertz CT molecular complexity index is 1260. The van der Waals surface area contributed by atoms with Crippen molar-refractivity contribution in [1.82, 2.24) is 0 Å². The molecule has 67 heavy (non-hydrogen) atoms. The van der Waals surface area contributed by atoms with E-state index in [2.05, 4.69) is 93.7 Å². The van der Waals surface area contributed by atoms with Gasteiger partial charge in [0.25, 0.3) is 0 Å². The summed E-state index contributed by atoms with van der Waals surface area (Å²) < 4.78 is 16.9. The van der Waals surface area contributed by atoms with Crippen LogP contribution in [0.2, 0.25) is 0 Å². The molecule has 0 amide bonds. The summed E-state index contributed by atoms with van der Waals surface area (Å²) in [4.78, 5) is 38.2. The molecule has 0 aromatic heterocycles. The fraction of sp³-hybridized carbons (Fsp3) is 0.754. The van der Waals surface area contributed by atoms with Gasteiger partial charge in [-0.05, 0) is 83.5 Å². The zero-order valence-corrected chi connectivity index (χ0v) is 44.2. The van der Waals surface area contributed by atoms with E-state index in [0.717, 1.165) is 122 Å². The summed E-state index contributed by atoms with van der Waals surface area (Å²) in [6.45, 7) is 6.42. The van der Waals surface area contributed by atoms with Crippen molar-refractivity contribution in [2.24, 2.45) is 0 Å². The van der Waals surface area contributed by atoms with Crippen LogP contribution in [-0.2, 0) is 28.6 Å². The third kappa shape index (κ3) is 53.7. The summed E-state index contributed by atoms with van der Waals surface area (Å²) in [6, 6.07) is 0. The molecular formula is C61H106O6. The Balaban J connectivity index is 4.40. The Hall–Kier alpha value is -3.15. The van der Waals surface area contributed by atoms with Crippen molar-refractivity contribution in [1.29, 1.82) is 0 Å². The van der Waals surface area contributed by atoms with Crippen molar-refractivity contribution in [2.45, 2.75) is 284 Å². The minimum atomic E-state index is -0.785. The third-order valence-electron chi connectivity index (χ3n) is 12.2. The Morgan fingerprint density at radius 3 is 0.910 bits per heavy atom. The van der Waals surface area contributed by atoms with E-state index in [4.69, 9.17) is 14.2 Å². The lowest BCUT2D eigenvalue weighted by atomic mass is 10.0. The smallest absolute Gasteiger partial charge is 0.306 e. The SMILES string of the molecule is CC/C=C\C/C=C\C/C=C\CCCCCCCCCC(=O)OCC(COC(=O)CCCCCCC/C=C\C/C=C\C/C=C\CC)OC(=O)CCCCCCCCCCCCCCCCCCC. The van der Waals surface area contributed by atoms with Crippen LogP contribution in [0.25, 0.3) is 0 Å². The summed E-state index contributed by atoms with van der Waals surface area (Å²) in [5.74, 6) is -0.900. The van der Waals surface area contributed by atoms with Gasteiger partial charge in [-0.1, -0.05) is 248 Å². The van der Waals surface area contributed by atoms with Crippen molar-refractivity contribution >= 4 is 17.9 Å². The lowest BCUT2D eigenvalue weighted by molar-refractivity contribution is -0.167. The van der Waals surface area contributed by atoms with E-state index in [-0.39, 0.29) is 31.1 Å². The summed E-state index contributed by atoms with van der Waals surface area (Å²) >= 11 is 0. The molecule has 0 saturated carbocycles. The second-order valence-electron chi connectivity index (χ2n) is 18.8. The number of hydrogen-bond acceptors (Lipinski definition) is 6. The van der Waals surface area contributed by atoms with Gasteiger partial charge in [0, 0.05) is 19.3 Å². The Morgan fingerprint density at radius 1 is 0.313 bits per heavy atom. The second kappa shape index (κ2) is 55.4. The number of ether oxygens (including phenoxy) is 3. The van der Waals surface area contributed by atoms with E-state index >= 15 is 0 Å². The van der Waals surface area contributed by atoms with Crippen LogP contribution in [0.3, 0.4) is 0 Å². The van der Waals surface area contributed by atoms with Crippen molar-refractivity contribution in [3.05, 3.63) is 72.9 Å². The number of hydrogen-bond donors (Lipinski definition) is 0. The van der Waals surface area contributed by atoms with E-state index in [9.17, 15) is 14.4 Å². The summed E-state index contributed by atoms with van der Waals surface area (Å²) in [7, 11) is 0. The zero-order valence-electron chi connectivity index (χ0n) is 44.2. The molecule has 0 aliphatic heterocycles. The van der Waals surface area contributed by atoms with Crippen LogP contribution in [0, 0.1) is 0 Å². The molecule has 6 heteroatoms. The highest BCUT2D eigenvalue weighted by Gasteiger charge is 2.19. The fourth-order valence-electron chi connectivity index (χ4n) is 8.00. The minimum Gasteiger partial charge on any atom is -0.462 e. The van der Waals surface area contributed by atoms with E-state index < -0.39 is 6.10 Å². The number of esters is 3. The maximum atomic E-state index is 12.9. The van der Waals surface area contributed by atoms with Crippen LogP contribution in [0.15, 0.2) is 72.9 Å². The van der Waals surface area contributed by atoms with Gasteiger partial charge in [0.2, 0.25) is 0 Å². The number of carbonyl (C=O) groups is 3. The lowest BCUT2D eigenvalue weighted by Gasteiger charge is -2.18. The van der Waals surface area contributed by atoms with Gasteiger partial charge in [0.05, 0.1) is 0 Å². The first-order chi connectivity index (χ1) is 33.0. The van der Waals surface area contributed by atoms with Crippen molar-refractivity contribution in [3.8, 4) is 0 Å². The molecule has 0 spiro atoms. The van der Waals surface area contributed by atoms with E-state index in [1.807, 2.05) is 0 Å². The van der Waals surface area contributed by atoms with E-state index in [1.165, 1.54) is 116 Å². The van der Waals surface area contributed by atoms with E-state index in [1.54, 1.807) is 0 Å². The highest BCUT2D eigenvalue weighted by molar-refractivity contribution is 5.71. The maximum Gasteiger partial charge on any atom is 0.306 e. The Kier molecular flexibility index (Phi) is 52.8. The third-order valence-corrected chi connectivity index (χ3v) is 12.2. The van der Waals surface area contributed by atoms with Gasteiger partial charge >= 0.3 is 17.9 Å². The summed E-state index contributed by atoms with van der Waals surface area (Å²) in [5, 5.41) is 0. The fourth-order valence-corrected chi connectivity index (χ4v) is 8.00. The van der Waals surface area contributed by atoms with Crippen LogP contribution in [-0.4, -0.2) is 37.2 Å². The monoisotopic (exact) mass is 935 g/mol. The first kappa shape index (κ1) is 63.8. The number of carbonyl (C=O) groups excluding carboxylic acids is 3. The molecule has 0 rings (SSSR count). The predicted octanol–water partition coefficient (Wildman–Crippen LogP) is 19.0. The first-order valence-corrected chi connectivity index (χ1v) is 28.4. The van der Waals surface area contributed by atoms with Gasteiger partial charge in [-0.25, -0.2) is 0 Å². The molecule has 0 saturated heterocycles. The summed E-state index contributed by atoms with van der Waals surface area (Å²) in [6.07, 6.45) is 70.3. The molecule has 0 aliphatic rings. The van der Waals surface area contributed by atoms with Crippen molar-refractivity contribution in [2.75, 3.05) is 13.2 Å². The van der Waals surface area contributed by atoms with Gasteiger partial charge in [-0.15, -0.1) is 0 Å². The Labute approximate surface area is 414 Å². The maximum absolute atomic E-state index is 12.9. The molecule has 0 aromatic rings. The molecule has 0 aromatic carbocycles. The molecule has 0 bridgehead atoms. The van der Waals surface area contributed by atoms with Gasteiger partial charge in [-0.2, -0.15) is 0 Å². The molecule has 1 atom stereocenters. The Morgan fingerprint density at radius 2 is 0.582 bits per heavy atom. The van der Waals surface area contributed by atoms with Crippen LogP contribution >= 0.6 is 0 Å². The van der Waals surface area contributed by atoms with Crippen LogP contribution < -0.4 is 0 Å². The number of unbranched alkanes of at least 4 members (excludes halogenated alkanes) is 28. The van der Waals surface area contributed by atoms with Gasteiger partial charge < -0.3 is 14.2 Å². The average Bonchev–Trinajstić information content (AvgIpc) is 3.33. The quantitative estimate of drug-likeness (QED) is 0.0262. The average molecular weight is 936 g/mol. The highest BCUT2D eigenvalue weighted by Crippen LogP contribution is 2.16. The van der Waals surface area contributed by atoms with E-state index in [0.29, 0.717) is 19.3 Å². The van der Waals surface area contributed by atoms with Gasteiger partial charge in [0.15, 0.2) is 6.10 Å². The zero-order chi connectivity index (χ0) is 48.6. The first-order valence-electron chi connectivity index (χ1n) is 28.4. The summed E-state index contributed by atoms with van der Waals surface area (Å²) in [5.41, 5.74) is 0. The standard InChI is InChI=1S/C61H106O6/c1-4-7-10-13-16-19-22-25-28-30-33-36-39-42-45-48-51-54-60(63)66-57-58(56-65-59(62)53-50-47-44-41-38-35-32-27-24-21-18-15-12-9-6-3)67-61(64)55-52-49-46-43-40-37-34-31-29-26-23-20-17-14-11-8-5-2/h7,9-10,12,16,18-19,21,25,27-28,32,58H,4-6,8,11,13-15,17,20,22-24,26,29-31,33-57H2,1-3H3/b10-7-,12-9-,19-16-,21-18-,28-25-,32-27-. The van der Waals surface area contributed by atoms with Crippen LogP contribution in [0.5, 0.6) is 0 Å². The topological polar surface area (TPSA) is 78.9 Å². The van der Waals surface area contributed by atoms with Crippen molar-refractivity contribution < 1.29 is 28.6 Å². The highest BCUT2D eigenvalue weighted by atomic mass is 16.6. The largest absolute Gasteiger partial charge is 0.462 e. The number of rotatable bonds is 51. The second-order valence-corrected chi connectivity index (χ2v) is 18.8. The molecule has 1 unspecified atom stereocenters. The molecule has 0 aliphatic carbocycles. The molecular weight excluding hydrogens is 829 g/mol. The molecule has 0 radical (unpaired) electrons. The minimum absolute atomic E-state index is 0.0844. The van der Waals surface area contributed by atoms with Gasteiger partial charge in [-0.3, -0.25) is 14.4 Å². The molecule has 386 valence electrons. The van der Waals surface area contributed by atoms with Crippen LogP contribution in [0.1, 0.15) is 278 Å². The molecule has 0 N–H and O–H groups in total. The van der Waals surface area contributed by atoms with Crippen molar-refractivity contribution in [3.63, 3.8) is 0 Å². The lowest BCUT2D eigenvalue weighted by Crippen LogP contribution is -2.30. The van der Waals surface area contributed by atoms with Crippen LogP contribution in [0.4, 0.5) is 0 Å². The number of allylic oxidation sites excluding steroid dienone is 12. The van der Waals surface area contributed by atoms with Gasteiger partial charge in [0.1, 0.15) is 13.2 Å². The normalized spacial score (nSPS) is 12.6. The molecule has 0 heterocycles. The molecule has 6 nitrogen and oxygen atoms in total. The molecule has 0 fully saturated rings. The predicted molar refractivity (Wildman–Crippen MR) is 288 cm³/mol.